The van der Waals surface area contributed by atoms with Crippen LogP contribution in [0.5, 0.6) is 0 Å². The Labute approximate surface area is 150 Å². The van der Waals surface area contributed by atoms with Crippen molar-refractivity contribution in [1.82, 2.24) is 10.3 Å². The fraction of sp³-hybridized carbons (Fsp3) is 0.591. The zero-order valence-electron chi connectivity index (χ0n) is 15.7. The van der Waals surface area contributed by atoms with Gasteiger partial charge in [0.05, 0.1) is 0 Å². The van der Waals surface area contributed by atoms with E-state index in [-0.39, 0.29) is 11.3 Å². The number of para-hydroxylation sites is 1. The molecule has 0 radical (unpaired) electrons. The average molecular weight is 338 g/mol. The van der Waals surface area contributed by atoms with Crippen molar-refractivity contribution in [2.24, 2.45) is 16.7 Å². The number of hydrogen-bond acceptors (Lipinski definition) is 1. The van der Waals surface area contributed by atoms with Crippen molar-refractivity contribution in [2.45, 2.75) is 65.3 Å². The van der Waals surface area contributed by atoms with Crippen LogP contribution in [0.2, 0.25) is 0 Å². The molecule has 2 bridgehead atoms. The first-order chi connectivity index (χ1) is 11.9. The van der Waals surface area contributed by atoms with Crippen LogP contribution in [-0.2, 0) is 11.2 Å². The fourth-order valence-corrected chi connectivity index (χ4v) is 5.47. The quantitative estimate of drug-likeness (QED) is 0.806. The maximum absolute atomic E-state index is 12.5. The summed E-state index contributed by atoms with van der Waals surface area (Å²) in [6.07, 6.45) is 8.32. The molecular formula is C22H30N2O. The highest BCUT2D eigenvalue weighted by atomic mass is 16.1. The standard InChI is InChI=1S/C22H30N2O/c1-21(2)16-11-12-22(21,3)19(13-16)24-20(25)10-6-7-15-14-23-18-9-5-4-8-17(15)18/h4-5,8-9,14,16,19,23H,6-7,10-13H2,1-3H3,(H,24,25). The minimum atomic E-state index is 0.231. The molecule has 2 fully saturated rings. The Bertz CT molecular complexity index is 790. The summed E-state index contributed by atoms with van der Waals surface area (Å²) in [5.41, 5.74) is 3.12. The predicted molar refractivity (Wildman–Crippen MR) is 102 cm³/mol. The molecule has 1 amide bonds. The van der Waals surface area contributed by atoms with Crippen LogP contribution in [0.25, 0.3) is 10.9 Å². The van der Waals surface area contributed by atoms with Gasteiger partial charge in [0.25, 0.3) is 0 Å². The van der Waals surface area contributed by atoms with Crippen LogP contribution in [0.4, 0.5) is 0 Å². The Morgan fingerprint density at radius 1 is 1.28 bits per heavy atom. The van der Waals surface area contributed by atoms with Crippen LogP contribution in [-0.4, -0.2) is 16.9 Å². The number of amides is 1. The molecule has 1 aromatic heterocycles. The second-order valence-corrected chi connectivity index (χ2v) is 8.94. The molecule has 134 valence electrons. The first-order valence-electron chi connectivity index (χ1n) is 9.76. The zero-order valence-corrected chi connectivity index (χ0v) is 15.7. The molecular weight excluding hydrogens is 308 g/mol. The largest absolute Gasteiger partial charge is 0.361 e. The number of rotatable bonds is 5. The molecule has 3 atom stereocenters. The van der Waals surface area contributed by atoms with E-state index in [1.54, 1.807) is 0 Å². The molecule has 25 heavy (non-hydrogen) atoms. The summed E-state index contributed by atoms with van der Waals surface area (Å²) in [5, 5.41) is 4.66. The number of benzene rings is 1. The number of carbonyl (C=O) groups excluding carboxylic acids is 1. The van der Waals surface area contributed by atoms with Gasteiger partial charge in [-0.2, -0.15) is 0 Å². The summed E-state index contributed by atoms with van der Waals surface area (Å²) in [5.74, 6) is 1.00. The van der Waals surface area contributed by atoms with E-state index in [2.05, 4.69) is 55.5 Å². The Balaban J connectivity index is 1.32. The molecule has 1 aromatic carbocycles. The number of hydrogen-bond donors (Lipinski definition) is 2. The van der Waals surface area contributed by atoms with Gasteiger partial charge in [-0.1, -0.05) is 39.0 Å². The molecule has 2 aliphatic rings. The van der Waals surface area contributed by atoms with Gasteiger partial charge in [-0.05, 0) is 60.5 Å². The van der Waals surface area contributed by atoms with Gasteiger partial charge in [0.15, 0.2) is 0 Å². The Hall–Kier alpha value is -1.77. The van der Waals surface area contributed by atoms with E-state index in [0.717, 1.165) is 25.2 Å². The molecule has 0 saturated heterocycles. The van der Waals surface area contributed by atoms with Crippen LogP contribution in [0, 0.1) is 16.7 Å². The van der Waals surface area contributed by atoms with Gasteiger partial charge >= 0.3 is 0 Å². The molecule has 3 unspecified atom stereocenters. The van der Waals surface area contributed by atoms with Crippen molar-refractivity contribution in [3.63, 3.8) is 0 Å². The van der Waals surface area contributed by atoms with Crippen molar-refractivity contribution in [1.29, 1.82) is 0 Å². The minimum absolute atomic E-state index is 0.231. The van der Waals surface area contributed by atoms with E-state index < -0.39 is 0 Å². The molecule has 2 saturated carbocycles. The van der Waals surface area contributed by atoms with Crippen molar-refractivity contribution in [3.05, 3.63) is 36.0 Å². The number of aromatic amines is 1. The minimum Gasteiger partial charge on any atom is -0.361 e. The number of H-pyrrole nitrogens is 1. The molecule has 2 aliphatic carbocycles. The Kier molecular flexibility index (Phi) is 3.93. The zero-order chi connectivity index (χ0) is 17.7. The summed E-state index contributed by atoms with van der Waals surface area (Å²) in [7, 11) is 0. The van der Waals surface area contributed by atoms with E-state index in [4.69, 9.17) is 0 Å². The lowest BCUT2D eigenvalue weighted by atomic mass is 9.69. The highest BCUT2D eigenvalue weighted by Gasteiger charge is 2.61. The lowest BCUT2D eigenvalue weighted by Gasteiger charge is -2.39. The van der Waals surface area contributed by atoms with E-state index in [1.165, 1.54) is 29.3 Å². The molecule has 2 N–H and O–H groups in total. The normalized spacial score (nSPS) is 30.0. The van der Waals surface area contributed by atoms with Crippen LogP contribution in [0.3, 0.4) is 0 Å². The van der Waals surface area contributed by atoms with E-state index >= 15 is 0 Å². The topological polar surface area (TPSA) is 44.9 Å². The SMILES string of the molecule is CC1(C)C2CCC1(C)C(NC(=O)CCCc1c[nH]c3ccccc13)C2. The summed E-state index contributed by atoms with van der Waals surface area (Å²) < 4.78 is 0. The van der Waals surface area contributed by atoms with Crippen LogP contribution < -0.4 is 5.32 Å². The average Bonchev–Trinajstić information content (AvgIpc) is 3.14. The van der Waals surface area contributed by atoms with Crippen LogP contribution >= 0.6 is 0 Å². The maximum Gasteiger partial charge on any atom is 0.220 e. The maximum atomic E-state index is 12.5. The van der Waals surface area contributed by atoms with Gasteiger partial charge in [0.2, 0.25) is 5.91 Å². The molecule has 3 nitrogen and oxygen atoms in total. The number of nitrogens with one attached hydrogen (secondary N) is 2. The lowest BCUT2D eigenvalue weighted by molar-refractivity contribution is -0.122. The van der Waals surface area contributed by atoms with Gasteiger partial charge in [-0.15, -0.1) is 0 Å². The molecule has 0 spiro atoms. The van der Waals surface area contributed by atoms with Crippen molar-refractivity contribution in [3.8, 4) is 0 Å². The van der Waals surface area contributed by atoms with Gasteiger partial charge < -0.3 is 10.3 Å². The monoisotopic (exact) mass is 338 g/mol. The third-order valence-corrected chi connectivity index (χ3v) is 7.65. The molecule has 3 heteroatoms. The van der Waals surface area contributed by atoms with Crippen molar-refractivity contribution >= 4 is 16.8 Å². The van der Waals surface area contributed by atoms with Gasteiger partial charge in [0, 0.05) is 29.6 Å². The smallest absolute Gasteiger partial charge is 0.220 e. The van der Waals surface area contributed by atoms with Gasteiger partial charge in [-0.3, -0.25) is 4.79 Å². The molecule has 1 heterocycles. The van der Waals surface area contributed by atoms with E-state index in [1.807, 2.05) is 6.07 Å². The fourth-order valence-electron chi connectivity index (χ4n) is 5.47. The first-order valence-corrected chi connectivity index (χ1v) is 9.76. The van der Waals surface area contributed by atoms with Gasteiger partial charge in [0.1, 0.15) is 0 Å². The molecule has 0 aliphatic heterocycles. The molecule has 4 rings (SSSR count). The van der Waals surface area contributed by atoms with E-state index in [9.17, 15) is 4.79 Å². The number of aryl methyl sites for hydroxylation is 1. The first kappa shape index (κ1) is 16.7. The summed E-state index contributed by atoms with van der Waals surface area (Å²) in [4.78, 5) is 15.8. The second kappa shape index (κ2) is 5.89. The Morgan fingerprint density at radius 2 is 2.08 bits per heavy atom. The predicted octanol–water partition coefficient (Wildman–Crippen LogP) is 4.82. The van der Waals surface area contributed by atoms with Crippen molar-refractivity contribution < 1.29 is 4.79 Å². The van der Waals surface area contributed by atoms with Crippen LogP contribution in [0.1, 0.15) is 58.4 Å². The number of fused-ring (bicyclic) bond motifs is 3. The highest BCUT2D eigenvalue weighted by molar-refractivity contribution is 5.83. The van der Waals surface area contributed by atoms with Gasteiger partial charge in [-0.25, -0.2) is 0 Å². The number of carbonyl (C=O) groups is 1. The lowest BCUT2D eigenvalue weighted by Crippen LogP contribution is -2.46. The summed E-state index contributed by atoms with van der Waals surface area (Å²) >= 11 is 0. The Morgan fingerprint density at radius 3 is 2.80 bits per heavy atom. The van der Waals surface area contributed by atoms with Crippen molar-refractivity contribution in [2.75, 3.05) is 0 Å². The third-order valence-electron chi connectivity index (χ3n) is 7.65. The highest BCUT2D eigenvalue weighted by Crippen LogP contribution is 2.65. The molecule has 2 aromatic rings. The second-order valence-electron chi connectivity index (χ2n) is 8.94. The summed E-state index contributed by atoms with van der Waals surface area (Å²) in [6.45, 7) is 7.18. The van der Waals surface area contributed by atoms with E-state index in [0.29, 0.717) is 17.9 Å². The van der Waals surface area contributed by atoms with Crippen LogP contribution in [0.15, 0.2) is 30.5 Å². The summed E-state index contributed by atoms with van der Waals surface area (Å²) in [6, 6.07) is 8.74. The third kappa shape index (κ3) is 2.59. The number of aromatic nitrogens is 1.